The SMILES string of the molecule is Cc1ccnc(NC(=O)[C@@H](C)NC(=O)C23CC4CC(CC(C4)C2)C3)c1. The molecule has 4 saturated carbocycles. The first-order chi connectivity index (χ1) is 11.9. The molecule has 1 aromatic rings. The maximum atomic E-state index is 13.0. The zero-order valence-electron chi connectivity index (χ0n) is 15.0. The molecule has 5 rings (SSSR count). The fourth-order valence-corrected chi connectivity index (χ4v) is 5.64. The molecule has 25 heavy (non-hydrogen) atoms. The second kappa shape index (κ2) is 6.11. The number of aromatic nitrogens is 1. The van der Waals surface area contributed by atoms with E-state index in [1.807, 2.05) is 19.1 Å². The summed E-state index contributed by atoms with van der Waals surface area (Å²) in [6.45, 7) is 3.71. The molecule has 1 aromatic heterocycles. The summed E-state index contributed by atoms with van der Waals surface area (Å²) in [6.07, 6.45) is 8.63. The summed E-state index contributed by atoms with van der Waals surface area (Å²) in [7, 11) is 0. The number of hydrogen-bond donors (Lipinski definition) is 2. The largest absolute Gasteiger partial charge is 0.344 e. The van der Waals surface area contributed by atoms with Gasteiger partial charge in [0.1, 0.15) is 11.9 Å². The third kappa shape index (κ3) is 3.16. The number of hydrogen-bond acceptors (Lipinski definition) is 3. The van der Waals surface area contributed by atoms with Crippen molar-refractivity contribution in [1.82, 2.24) is 10.3 Å². The zero-order chi connectivity index (χ0) is 17.6. The summed E-state index contributed by atoms with van der Waals surface area (Å²) in [6, 6.07) is 3.15. The lowest BCUT2D eigenvalue weighted by molar-refractivity contribution is -0.147. The van der Waals surface area contributed by atoms with Crippen LogP contribution in [0.5, 0.6) is 0 Å². The maximum absolute atomic E-state index is 13.0. The first-order valence-corrected chi connectivity index (χ1v) is 9.48. The highest BCUT2D eigenvalue weighted by molar-refractivity contribution is 5.97. The molecule has 4 aliphatic rings. The number of anilines is 1. The molecule has 2 N–H and O–H groups in total. The molecule has 2 amide bonds. The number of pyridine rings is 1. The van der Waals surface area contributed by atoms with Gasteiger partial charge in [-0.1, -0.05) is 0 Å². The Hall–Kier alpha value is -1.91. The first-order valence-electron chi connectivity index (χ1n) is 9.48. The molecule has 4 bridgehead atoms. The summed E-state index contributed by atoms with van der Waals surface area (Å²) in [5.74, 6) is 2.57. The normalized spacial score (nSPS) is 33.8. The van der Waals surface area contributed by atoms with Gasteiger partial charge in [-0.15, -0.1) is 0 Å². The first kappa shape index (κ1) is 16.6. The highest BCUT2D eigenvalue weighted by atomic mass is 16.2. The van der Waals surface area contributed by atoms with Gasteiger partial charge in [0.25, 0.3) is 0 Å². The van der Waals surface area contributed by atoms with Crippen LogP contribution < -0.4 is 10.6 Å². The summed E-state index contributed by atoms with van der Waals surface area (Å²) >= 11 is 0. The van der Waals surface area contributed by atoms with Crippen molar-refractivity contribution in [2.45, 2.75) is 58.4 Å². The average Bonchev–Trinajstić information content (AvgIpc) is 2.53. The highest BCUT2D eigenvalue weighted by Crippen LogP contribution is 2.60. The fraction of sp³-hybridized carbons (Fsp3) is 0.650. The Bertz CT molecular complexity index is 665. The van der Waals surface area contributed by atoms with Crippen molar-refractivity contribution in [2.75, 3.05) is 5.32 Å². The van der Waals surface area contributed by atoms with Crippen molar-refractivity contribution in [3.8, 4) is 0 Å². The van der Waals surface area contributed by atoms with Crippen LogP contribution in [0.15, 0.2) is 18.3 Å². The maximum Gasteiger partial charge on any atom is 0.247 e. The van der Waals surface area contributed by atoms with Crippen LogP contribution in [0, 0.1) is 30.1 Å². The second-order valence-electron chi connectivity index (χ2n) is 8.60. The molecule has 1 heterocycles. The Morgan fingerprint density at radius 3 is 2.32 bits per heavy atom. The minimum absolute atomic E-state index is 0.0893. The molecule has 4 fully saturated rings. The predicted molar refractivity (Wildman–Crippen MR) is 95.8 cm³/mol. The molecule has 0 aliphatic heterocycles. The second-order valence-corrected chi connectivity index (χ2v) is 8.60. The van der Waals surface area contributed by atoms with Crippen molar-refractivity contribution >= 4 is 17.6 Å². The summed E-state index contributed by atoms with van der Waals surface area (Å²) in [4.78, 5) is 29.6. The summed E-state index contributed by atoms with van der Waals surface area (Å²) in [5, 5.41) is 5.79. The summed E-state index contributed by atoms with van der Waals surface area (Å²) < 4.78 is 0. The van der Waals surface area contributed by atoms with Gasteiger partial charge in [-0.25, -0.2) is 4.98 Å². The molecular formula is C20H27N3O2. The Labute approximate surface area is 149 Å². The predicted octanol–water partition coefficient (Wildman–Crippen LogP) is 3.05. The Morgan fingerprint density at radius 1 is 1.16 bits per heavy atom. The number of nitrogens with one attached hydrogen (secondary N) is 2. The number of carbonyl (C=O) groups excluding carboxylic acids is 2. The minimum atomic E-state index is -0.553. The van der Waals surface area contributed by atoms with Crippen LogP contribution in [-0.2, 0) is 9.59 Å². The molecule has 1 atom stereocenters. The lowest BCUT2D eigenvalue weighted by Crippen LogP contribution is -2.56. The van der Waals surface area contributed by atoms with Crippen molar-refractivity contribution in [2.24, 2.45) is 23.2 Å². The highest BCUT2D eigenvalue weighted by Gasteiger charge is 2.54. The van der Waals surface area contributed by atoms with E-state index in [4.69, 9.17) is 0 Å². The average molecular weight is 341 g/mol. The number of carbonyl (C=O) groups is 2. The van der Waals surface area contributed by atoms with E-state index in [1.54, 1.807) is 13.1 Å². The Kier molecular flexibility index (Phi) is 4.05. The van der Waals surface area contributed by atoms with E-state index in [0.717, 1.165) is 42.6 Å². The van der Waals surface area contributed by atoms with Gasteiger partial charge >= 0.3 is 0 Å². The standard InChI is InChI=1S/C20H27N3O2/c1-12-3-4-21-17(5-12)23-18(24)13(2)22-19(25)20-9-14-6-15(10-20)8-16(7-14)11-20/h3-5,13-16H,6-11H2,1-2H3,(H,22,25)(H,21,23,24)/t13-,14?,15?,16?,20?/m1/s1. The van der Waals surface area contributed by atoms with Gasteiger partial charge in [0.05, 0.1) is 0 Å². The molecule has 0 radical (unpaired) electrons. The molecule has 0 aromatic carbocycles. The van der Waals surface area contributed by atoms with Gasteiger partial charge in [-0.05, 0) is 87.8 Å². The molecule has 134 valence electrons. The zero-order valence-corrected chi connectivity index (χ0v) is 15.0. The van der Waals surface area contributed by atoms with Crippen molar-refractivity contribution in [3.05, 3.63) is 23.9 Å². The van der Waals surface area contributed by atoms with Crippen molar-refractivity contribution < 1.29 is 9.59 Å². The fourth-order valence-electron chi connectivity index (χ4n) is 5.64. The van der Waals surface area contributed by atoms with E-state index in [-0.39, 0.29) is 17.2 Å². The molecule has 0 unspecified atom stereocenters. The Balaban J connectivity index is 1.39. The number of rotatable bonds is 4. The molecule has 5 nitrogen and oxygen atoms in total. The molecule has 4 aliphatic carbocycles. The molecule has 0 saturated heterocycles. The van der Waals surface area contributed by atoms with Crippen molar-refractivity contribution in [3.63, 3.8) is 0 Å². The van der Waals surface area contributed by atoms with Gasteiger partial charge in [0.2, 0.25) is 11.8 Å². The van der Waals surface area contributed by atoms with Crippen LogP contribution >= 0.6 is 0 Å². The van der Waals surface area contributed by atoms with Gasteiger partial charge in [0, 0.05) is 11.6 Å². The number of amides is 2. The van der Waals surface area contributed by atoms with E-state index >= 15 is 0 Å². The van der Waals surface area contributed by atoms with Gasteiger partial charge in [-0.3, -0.25) is 9.59 Å². The van der Waals surface area contributed by atoms with Crippen LogP contribution in [0.2, 0.25) is 0 Å². The summed E-state index contributed by atoms with van der Waals surface area (Å²) in [5.41, 5.74) is 0.820. The van der Waals surface area contributed by atoms with Crippen LogP contribution in [0.1, 0.15) is 51.0 Å². The van der Waals surface area contributed by atoms with E-state index < -0.39 is 6.04 Å². The quantitative estimate of drug-likeness (QED) is 0.884. The number of nitrogens with zero attached hydrogens (tertiary/aromatic N) is 1. The molecule has 5 heteroatoms. The molecule has 0 spiro atoms. The lowest BCUT2D eigenvalue weighted by Gasteiger charge is -2.55. The van der Waals surface area contributed by atoms with Gasteiger partial charge in [0.15, 0.2) is 0 Å². The third-order valence-electron chi connectivity index (χ3n) is 6.43. The van der Waals surface area contributed by atoms with Crippen LogP contribution in [0.3, 0.4) is 0 Å². The molecular weight excluding hydrogens is 314 g/mol. The minimum Gasteiger partial charge on any atom is -0.344 e. The lowest BCUT2D eigenvalue weighted by atomic mass is 9.49. The third-order valence-corrected chi connectivity index (χ3v) is 6.43. The van der Waals surface area contributed by atoms with Crippen LogP contribution in [-0.4, -0.2) is 22.8 Å². The van der Waals surface area contributed by atoms with Crippen LogP contribution in [0.4, 0.5) is 5.82 Å². The van der Waals surface area contributed by atoms with E-state index in [1.165, 1.54) is 19.3 Å². The Morgan fingerprint density at radius 2 is 1.76 bits per heavy atom. The van der Waals surface area contributed by atoms with E-state index in [9.17, 15) is 9.59 Å². The monoisotopic (exact) mass is 341 g/mol. The van der Waals surface area contributed by atoms with Gasteiger partial charge < -0.3 is 10.6 Å². The number of aryl methyl sites for hydroxylation is 1. The topological polar surface area (TPSA) is 71.1 Å². The smallest absolute Gasteiger partial charge is 0.247 e. The van der Waals surface area contributed by atoms with E-state index in [0.29, 0.717) is 5.82 Å². The van der Waals surface area contributed by atoms with Gasteiger partial charge in [-0.2, -0.15) is 0 Å². The van der Waals surface area contributed by atoms with E-state index in [2.05, 4.69) is 15.6 Å². The van der Waals surface area contributed by atoms with Crippen LogP contribution in [0.25, 0.3) is 0 Å². The van der Waals surface area contributed by atoms with Crippen molar-refractivity contribution in [1.29, 1.82) is 0 Å².